The van der Waals surface area contributed by atoms with E-state index in [1.165, 1.54) is 17.4 Å². The number of aromatic nitrogens is 2. The molecule has 2 aliphatic heterocycles. The van der Waals surface area contributed by atoms with E-state index >= 15 is 0 Å². The summed E-state index contributed by atoms with van der Waals surface area (Å²) in [5.74, 6) is 1.64. The molecule has 11 nitrogen and oxygen atoms in total. The SMILES string of the molecule is C=CC(=O)Nc1cc(N2CCCCC2)ccc1Nc1ncc2c(n1)N(C)C(=O)N(c1cc(OC)cc(OC)c1)C2. The van der Waals surface area contributed by atoms with Crippen LogP contribution in [0.4, 0.5) is 39.3 Å². The minimum atomic E-state index is -0.315. The average molecular weight is 544 g/mol. The molecule has 208 valence electrons. The molecule has 1 fully saturated rings. The number of amides is 3. The van der Waals surface area contributed by atoms with Crippen molar-refractivity contribution in [2.24, 2.45) is 0 Å². The zero-order valence-corrected chi connectivity index (χ0v) is 22.9. The standard InChI is InChI=1S/C29H33N7O4/c1-5-26(37)31-25-15-20(35-11-7-6-8-12-35)9-10-24(25)32-28-30-17-19-18-36(29(38)34(2)27(19)33-28)21-13-22(39-3)16-23(14-21)40-4/h5,9-10,13-17H,1,6-8,11-12,18H2,2-4H3,(H,31,37)(H,30,32,33). The van der Waals surface area contributed by atoms with E-state index in [9.17, 15) is 9.59 Å². The van der Waals surface area contributed by atoms with Crippen LogP contribution in [-0.4, -0.2) is 56.3 Å². The fourth-order valence-corrected chi connectivity index (χ4v) is 4.92. The van der Waals surface area contributed by atoms with Gasteiger partial charge in [0, 0.05) is 55.8 Å². The Morgan fingerprint density at radius 1 is 1.00 bits per heavy atom. The second kappa shape index (κ2) is 11.5. The Morgan fingerprint density at radius 3 is 2.40 bits per heavy atom. The minimum absolute atomic E-state index is 0.253. The lowest BCUT2D eigenvalue weighted by atomic mass is 10.1. The molecular formula is C29H33N7O4. The van der Waals surface area contributed by atoms with Crippen LogP contribution in [0.1, 0.15) is 24.8 Å². The second-order valence-electron chi connectivity index (χ2n) is 9.64. The van der Waals surface area contributed by atoms with Gasteiger partial charge in [0.15, 0.2) is 0 Å². The Morgan fingerprint density at radius 2 is 1.73 bits per heavy atom. The number of anilines is 6. The van der Waals surface area contributed by atoms with Gasteiger partial charge in [-0.3, -0.25) is 14.6 Å². The molecule has 0 radical (unpaired) electrons. The monoisotopic (exact) mass is 543 g/mol. The molecule has 5 rings (SSSR count). The Bertz CT molecular complexity index is 1420. The largest absolute Gasteiger partial charge is 0.497 e. The van der Waals surface area contributed by atoms with Crippen molar-refractivity contribution in [3.05, 3.63) is 60.8 Å². The summed E-state index contributed by atoms with van der Waals surface area (Å²) in [5, 5.41) is 6.10. The molecule has 1 aromatic heterocycles. The number of rotatable bonds is 8. The number of fused-ring (bicyclic) bond motifs is 1. The molecule has 0 spiro atoms. The molecule has 3 heterocycles. The van der Waals surface area contributed by atoms with Crippen molar-refractivity contribution in [3.63, 3.8) is 0 Å². The third kappa shape index (κ3) is 5.49. The molecule has 2 N–H and O–H groups in total. The highest BCUT2D eigenvalue weighted by molar-refractivity contribution is 6.05. The van der Waals surface area contributed by atoms with E-state index in [0.29, 0.717) is 40.3 Å². The molecule has 1 saturated heterocycles. The molecule has 2 aliphatic rings. The van der Waals surface area contributed by atoms with Crippen LogP contribution in [0.25, 0.3) is 0 Å². The smallest absolute Gasteiger partial charge is 0.330 e. The normalized spacial score (nSPS) is 14.9. The molecular weight excluding hydrogens is 510 g/mol. The number of nitrogens with one attached hydrogen (secondary N) is 2. The molecule has 0 aliphatic carbocycles. The first-order valence-corrected chi connectivity index (χ1v) is 13.1. The van der Waals surface area contributed by atoms with Crippen LogP contribution in [0.15, 0.2) is 55.3 Å². The maximum absolute atomic E-state index is 13.4. The minimum Gasteiger partial charge on any atom is -0.497 e. The zero-order valence-electron chi connectivity index (χ0n) is 22.9. The number of carbonyl (C=O) groups excluding carboxylic acids is 2. The number of hydrogen-bond acceptors (Lipinski definition) is 8. The van der Waals surface area contributed by atoms with Gasteiger partial charge >= 0.3 is 6.03 Å². The number of piperidine rings is 1. The molecule has 0 atom stereocenters. The van der Waals surface area contributed by atoms with Gasteiger partial charge in [0.25, 0.3) is 0 Å². The summed E-state index contributed by atoms with van der Waals surface area (Å²) in [6.07, 6.45) is 6.45. The maximum Gasteiger partial charge on any atom is 0.330 e. The van der Waals surface area contributed by atoms with Crippen LogP contribution in [-0.2, 0) is 11.3 Å². The van der Waals surface area contributed by atoms with Gasteiger partial charge in [-0.05, 0) is 43.5 Å². The fraction of sp³-hybridized carbons (Fsp3) is 0.310. The third-order valence-electron chi connectivity index (χ3n) is 7.07. The van der Waals surface area contributed by atoms with E-state index in [1.54, 1.807) is 50.6 Å². The van der Waals surface area contributed by atoms with Crippen LogP contribution < -0.4 is 34.8 Å². The van der Waals surface area contributed by atoms with Gasteiger partial charge in [-0.2, -0.15) is 4.98 Å². The third-order valence-corrected chi connectivity index (χ3v) is 7.07. The number of hydrogen-bond donors (Lipinski definition) is 2. The van der Waals surface area contributed by atoms with Crippen molar-refractivity contribution < 1.29 is 19.1 Å². The summed E-state index contributed by atoms with van der Waals surface area (Å²) in [4.78, 5) is 40.2. The summed E-state index contributed by atoms with van der Waals surface area (Å²) in [6, 6.07) is 10.9. The van der Waals surface area contributed by atoms with Crippen molar-refractivity contribution in [2.45, 2.75) is 25.8 Å². The summed E-state index contributed by atoms with van der Waals surface area (Å²) >= 11 is 0. The van der Waals surface area contributed by atoms with Crippen LogP contribution >= 0.6 is 0 Å². The van der Waals surface area contributed by atoms with Gasteiger partial charge in [-0.1, -0.05) is 6.58 Å². The molecule has 3 amide bonds. The number of benzene rings is 2. The van der Waals surface area contributed by atoms with E-state index in [0.717, 1.165) is 37.2 Å². The van der Waals surface area contributed by atoms with Crippen molar-refractivity contribution >= 4 is 46.5 Å². The lowest BCUT2D eigenvalue weighted by Gasteiger charge is -2.34. The van der Waals surface area contributed by atoms with Crippen molar-refractivity contribution in [1.82, 2.24) is 9.97 Å². The van der Waals surface area contributed by atoms with Gasteiger partial charge < -0.3 is 25.0 Å². The highest BCUT2D eigenvalue weighted by Crippen LogP contribution is 2.35. The number of urea groups is 1. The second-order valence-corrected chi connectivity index (χ2v) is 9.64. The first-order chi connectivity index (χ1) is 19.4. The summed E-state index contributed by atoms with van der Waals surface area (Å²) in [7, 11) is 4.80. The molecule has 0 unspecified atom stereocenters. The number of ether oxygens (including phenoxy) is 2. The fourth-order valence-electron chi connectivity index (χ4n) is 4.92. The Balaban J connectivity index is 1.42. The molecule has 3 aromatic rings. The topological polar surface area (TPSA) is 112 Å². The van der Waals surface area contributed by atoms with Crippen LogP contribution in [0.2, 0.25) is 0 Å². The quantitative estimate of drug-likeness (QED) is 0.385. The summed E-state index contributed by atoms with van der Waals surface area (Å²) in [5.41, 5.74) is 3.67. The zero-order chi connectivity index (χ0) is 28.2. The van der Waals surface area contributed by atoms with E-state index < -0.39 is 0 Å². The maximum atomic E-state index is 13.4. The van der Waals surface area contributed by atoms with Gasteiger partial charge in [0.05, 0.1) is 37.8 Å². The Labute approximate surface area is 233 Å². The van der Waals surface area contributed by atoms with Crippen molar-refractivity contribution in [2.75, 3.05) is 59.7 Å². The van der Waals surface area contributed by atoms with Gasteiger partial charge in [-0.25, -0.2) is 9.78 Å². The average Bonchev–Trinajstić information content (AvgIpc) is 3.00. The lowest BCUT2D eigenvalue weighted by molar-refractivity contribution is -0.111. The van der Waals surface area contributed by atoms with Gasteiger partial charge in [0.2, 0.25) is 11.9 Å². The van der Waals surface area contributed by atoms with E-state index in [-0.39, 0.29) is 18.5 Å². The lowest BCUT2D eigenvalue weighted by Crippen LogP contribution is -2.46. The van der Waals surface area contributed by atoms with Crippen molar-refractivity contribution in [1.29, 1.82) is 0 Å². The number of carbonyl (C=O) groups is 2. The highest BCUT2D eigenvalue weighted by atomic mass is 16.5. The van der Waals surface area contributed by atoms with E-state index in [4.69, 9.17) is 9.47 Å². The molecule has 11 heteroatoms. The van der Waals surface area contributed by atoms with Crippen LogP contribution in [0.5, 0.6) is 11.5 Å². The Kier molecular flexibility index (Phi) is 7.72. The summed E-state index contributed by atoms with van der Waals surface area (Å²) < 4.78 is 10.8. The van der Waals surface area contributed by atoms with Crippen LogP contribution in [0.3, 0.4) is 0 Å². The van der Waals surface area contributed by atoms with Crippen molar-refractivity contribution in [3.8, 4) is 11.5 Å². The first-order valence-electron chi connectivity index (χ1n) is 13.1. The molecule has 0 bridgehead atoms. The first kappa shape index (κ1) is 26.8. The molecule has 2 aromatic carbocycles. The molecule has 0 saturated carbocycles. The highest BCUT2D eigenvalue weighted by Gasteiger charge is 2.31. The van der Waals surface area contributed by atoms with E-state index in [2.05, 4.69) is 32.1 Å². The predicted octanol–water partition coefficient (Wildman–Crippen LogP) is 4.93. The number of methoxy groups -OCH3 is 2. The van der Waals surface area contributed by atoms with Gasteiger partial charge in [-0.15, -0.1) is 0 Å². The summed E-state index contributed by atoms with van der Waals surface area (Å²) in [6.45, 7) is 5.81. The number of nitrogens with zero attached hydrogens (tertiary/aromatic N) is 5. The predicted molar refractivity (Wildman–Crippen MR) is 156 cm³/mol. The molecule has 40 heavy (non-hydrogen) atoms. The van der Waals surface area contributed by atoms with Gasteiger partial charge in [0.1, 0.15) is 17.3 Å². The Hall–Kier alpha value is -4.80. The van der Waals surface area contributed by atoms with Crippen LogP contribution in [0, 0.1) is 0 Å². The van der Waals surface area contributed by atoms with E-state index in [1.807, 2.05) is 18.2 Å².